The molecule has 29 heavy (non-hydrogen) atoms. The molecule has 0 aromatic heterocycles. The molecule has 2 unspecified atom stereocenters. The van der Waals surface area contributed by atoms with Gasteiger partial charge in [0.1, 0.15) is 6.10 Å². The van der Waals surface area contributed by atoms with E-state index in [0.29, 0.717) is 13.1 Å². The molecule has 4 N–H and O–H groups in total. The number of fused-ring (bicyclic) bond motifs is 1. The SMILES string of the molecule is C=C(C(O)C(O)C(=O)N1CCc2ccccc2C1)N(N)[C@@H](C)c1cccc(C)c1. The minimum Gasteiger partial charge on any atom is -0.384 e. The number of hydrogen-bond acceptors (Lipinski definition) is 5. The van der Waals surface area contributed by atoms with Gasteiger partial charge >= 0.3 is 0 Å². The van der Waals surface area contributed by atoms with Gasteiger partial charge in [-0.3, -0.25) is 4.79 Å². The van der Waals surface area contributed by atoms with Crippen molar-refractivity contribution >= 4 is 5.91 Å². The summed E-state index contributed by atoms with van der Waals surface area (Å²) in [6, 6.07) is 15.5. The number of nitrogens with two attached hydrogens (primary N) is 1. The number of carbonyl (C=O) groups excluding carboxylic acids is 1. The lowest BCUT2D eigenvalue weighted by atomic mass is 9.98. The highest BCUT2D eigenvalue weighted by Crippen LogP contribution is 2.25. The van der Waals surface area contributed by atoms with Crippen LogP contribution in [0.2, 0.25) is 0 Å². The molecule has 0 saturated carbocycles. The summed E-state index contributed by atoms with van der Waals surface area (Å²) in [6.45, 7) is 8.60. The lowest BCUT2D eigenvalue weighted by Gasteiger charge is -2.35. The molecule has 3 rings (SSSR count). The standard InChI is InChI=1S/C23H29N3O3/c1-15-7-6-10-19(13-15)16(2)26(24)17(3)21(27)22(28)23(29)25-12-11-18-8-4-5-9-20(18)14-25/h4-10,13,16,21-22,27-28H,3,11-12,14,24H2,1-2H3/t16-,21?,22?/m0/s1. The summed E-state index contributed by atoms with van der Waals surface area (Å²) in [6.07, 6.45) is -2.39. The van der Waals surface area contributed by atoms with Crippen molar-refractivity contribution in [1.82, 2.24) is 9.91 Å². The van der Waals surface area contributed by atoms with Gasteiger partial charge in [-0.15, -0.1) is 0 Å². The van der Waals surface area contributed by atoms with Crippen LogP contribution in [0, 0.1) is 6.92 Å². The maximum Gasteiger partial charge on any atom is 0.254 e. The first-order valence-electron chi connectivity index (χ1n) is 9.80. The van der Waals surface area contributed by atoms with Crippen LogP contribution >= 0.6 is 0 Å². The van der Waals surface area contributed by atoms with Gasteiger partial charge in [-0.25, -0.2) is 5.84 Å². The molecule has 0 bridgehead atoms. The van der Waals surface area contributed by atoms with Crippen molar-refractivity contribution in [2.45, 2.75) is 45.1 Å². The third kappa shape index (κ3) is 4.50. The molecule has 154 valence electrons. The zero-order valence-corrected chi connectivity index (χ0v) is 17.0. The number of benzene rings is 2. The predicted octanol–water partition coefficient (Wildman–Crippen LogP) is 2.05. The van der Waals surface area contributed by atoms with Crippen molar-refractivity contribution in [3.05, 3.63) is 83.1 Å². The molecule has 2 aromatic rings. The van der Waals surface area contributed by atoms with Crippen molar-refractivity contribution < 1.29 is 15.0 Å². The Hall–Kier alpha value is -2.67. The van der Waals surface area contributed by atoms with E-state index in [4.69, 9.17) is 5.84 Å². The largest absolute Gasteiger partial charge is 0.384 e. The Morgan fingerprint density at radius 3 is 2.52 bits per heavy atom. The highest BCUT2D eigenvalue weighted by Gasteiger charge is 2.34. The van der Waals surface area contributed by atoms with Crippen molar-refractivity contribution in [2.75, 3.05) is 6.54 Å². The maximum atomic E-state index is 12.8. The average molecular weight is 396 g/mol. The van der Waals surface area contributed by atoms with Crippen molar-refractivity contribution in [2.24, 2.45) is 5.84 Å². The summed E-state index contributed by atoms with van der Waals surface area (Å²) in [5.41, 5.74) is 4.40. The third-order valence-electron chi connectivity index (χ3n) is 5.61. The molecule has 0 aliphatic carbocycles. The number of hydrogen-bond donors (Lipinski definition) is 3. The number of hydrazine groups is 1. The number of carbonyl (C=O) groups is 1. The lowest BCUT2D eigenvalue weighted by molar-refractivity contribution is -0.146. The van der Waals surface area contributed by atoms with Gasteiger partial charge in [0.2, 0.25) is 0 Å². The molecule has 0 spiro atoms. The van der Waals surface area contributed by atoms with Crippen LogP contribution in [0.4, 0.5) is 0 Å². The van der Waals surface area contributed by atoms with Crippen molar-refractivity contribution in [3.8, 4) is 0 Å². The van der Waals surface area contributed by atoms with E-state index in [-0.39, 0.29) is 11.7 Å². The highest BCUT2D eigenvalue weighted by molar-refractivity contribution is 5.82. The topological polar surface area (TPSA) is 90.0 Å². The number of amides is 1. The minimum atomic E-state index is -1.62. The quantitative estimate of drug-likeness (QED) is 0.515. The van der Waals surface area contributed by atoms with Crippen LogP contribution in [-0.2, 0) is 17.8 Å². The van der Waals surface area contributed by atoms with E-state index in [2.05, 4.69) is 6.58 Å². The predicted molar refractivity (Wildman–Crippen MR) is 112 cm³/mol. The summed E-state index contributed by atoms with van der Waals surface area (Å²) >= 11 is 0. The first kappa shape index (κ1) is 21.0. The first-order chi connectivity index (χ1) is 13.8. The molecule has 0 fully saturated rings. The van der Waals surface area contributed by atoms with Gasteiger partial charge < -0.3 is 20.1 Å². The van der Waals surface area contributed by atoms with Crippen LogP contribution in [0.3, 0.4) is 0 Å². The van der Waals surface area contributed by atoms with E-state index in [1.807, 2.05) is 62.4 Å². The molecular weight excluding hydrogens is 366 g/mol. The van der Waals surface area contributed by atoms with Crippen LogP contribution < -0.4 is 5.84 Å². The van der Waals surface area contributed by atoms with E-state index in [0.717, 1.165) is 23.1 Å². The minimum absolute atomic E-state index is 0.0947. The van der Waals surface area contributed by atoms with Crippen LogP contribution in [0.1, 0.15) is 35.2 Å². The number of aliphatic hydroxyl groups is 2. The molecule has 0 radical (unpaired) electrons. The second-order valence-corrected chi connectivity index (χ2v) is 7.66. The van der Waals surface area contributed by atoms with Crippen LogP contribution in [0.5, 0.6) is 0 Å². The second kappa shape index (κ2) is 8.78. The van der Waals surface area contributed by atoms with Gasteiger partial charge in [-0.2, -0.15) is 0 Å². The average Bonchev–Trinajstić information content (AvgIpc) is 2.75. The maximum absolute atomic E-state index is 12.8. The number of aliphatic hydroxyl groups excluding tert-OH is 2. The zero-order chi connectivity index (χ0) is 21.1. The molecule has 3 atom stereocenters. The number of nitrogens with zero attached hydrogens (tertiary/aromatic N) is 2. The van der Waals surface area contributed by atoms with Crippen molar-refractivity contribution in [3.63, 3.8) is 0 Å². The zero-order valence-electron chi connectivity index (χ0n) is 17.0. The van der Waals surface area contributed by atoms with E-state index in [1.165, 1.54) is 10.6 Å². The lowest BCUT2D eigenvalue weighted by Crippen LogP contribution is -2.50. The Bertz CT molecular complexity index is 898. The van der Waals surface area contributed by atoms with E-state index >= 15 is 0 Å². The van der Waals surface area contributed by atoms with Crippen LogP contribution in [-0.4, -0.2) is 44.8 Å². The monoisotopic (exact) mass is 395 g/mol. The molecular formula is C23H29N3O3. The second-order valence-electron chi connectivity index (χ2n) is 7.66. The molecule has 1 amide bonds. The molecule has 6 nitrogen and oxygen atoms in total. The normalized spacial score (nSPS) is 16.5. The fraction of sp³-hybridized carbons (Fsp3) is 0.348. The Labute approximate surface area is 171 Å². The third-order valence-corrected chi connectivity index (χ3v) is 5.61. The van der Waals surface area contributed by atoms with E-state index in [1.54, 1.807) is 4.90 Å². The van der Waals surface area contributed by atoms with Gasteiger partial charge in [0.05, 0.1) is 11.7 Å². The number of aryl methyl sites for hydroxylation is 1. The summed E-state index contributed by atoms with van der Waals surface area (Å²) in [4.78, 5) is 14.3. The van der Waals surface area contributed by atoms with Gasteiger partial charge in [0.15, 0.2) is 6.10 Å². The van der Waals surface area contributed by atoms with Crippen LogP contribution in [0.25, 0.3) is 0 Å². The molecule has 2 aromatic carbocycles. The molecule has 1 heterocycles. The highest BCUT2D eigenvalue weighted by atomic mass is 16.3. The Kier molecular flexibility index (Phi) is 6.37. The summed E-state index contributed by atoms with van der Waals surface area (Å²) in [5.74, 6) is 5.64. The van der Waals surface area contributed by atoms with E-state index in [9.17, 15) is 15.0 Å². The first-order valence-corrected chi connectivity index (χ1v) is 9.80. The van der Waals surface area contributed by atoms with Gasteiger partial charge in [0.25, 0.3) is 5.91 Å². The van der Waals surface area contributed by atoms with Gasteiger partial charge in [-0.05, 0) is 37.0 Å². The Morgan fingerprint density at radius 1 is 1.14 bits per heavy atom. The number of rotatable bonds is 6. The fourth-order valence-corrected chi connectivity index (χ4v) is 3.68. The molecule has 1 aliphatic heterocycles. The summed E-state index contributed by atoms with van der Waals surface area (Å²) in [7, 11) is 0. The molecule has 1 aliphatic rings. The summed E-state index contributed by atoms with van der Waals surface area (Å²) in [5, 5.41) is 22.4. The Balaban J connectivity index is 1.66. The van der Waals surface area contributed by atoms with Crippen LogP contribution in [0.15, 0.2) is 60.8 Å². The fourth-order valence-electron chi connectivity index (χ4n) is 3.68. The smallest absolute Gasteiger partial charge is 0.254 e. The van der Waals surface area contributed by atoms with E-state index < -0.39 is 18.1 Å². The van der Waals surface area contributed by atoms with Crippen molar-refractivity contribution in [1.29, 1.82) is 0 Å². The molecule has 6 heteroatoms. The van der Waals surface area contributed by atoms with Gasteiger partial charge in [-0.1, -0.05) is 60.7 Å². The van der Waals surface area contributed by atoms with Gasteiger partial charge in [0, 0.05) is 13.1 Å². The molecule has 0 saturated heterocycles. The summed E-state index contributed by atoms with van der Waals surface area (Å²) < 4.78 is 0. The Morgan fingerprint density at radius 2 is 1.83 bits per heavy atom.